The Bertz CT molecular complexity index is 693. The Morgan fingerprint density at radius 2 is 1.71 bits per heavy atom. The number of hydrogen-bond acceptors (Lipinski definition) is 5. The van der Waals surface area contributed by atoms with Gasteiger partial charge in [-0.3, -0.25) is 4.68 Å². The van der Waals surface area contributed by atoms with E-state index in [1.54, 1.807) is 18.7 Å². The fraction of sp³-hybridized carbons (Fsp3) is 0.357. The van der Waals surface area contributed by atoms with Crippen LogP contribution in [0.1, 0.15) is 32.1 Å². The van der Waals surface area contributed by atoms with E-state index in [4.69, 9.17) is 9.47 Å². The van der Waals surface area contributed by atoms with Crippen LogP contribution in [0, 0.1) is 13.8 Å². The van der Waals surface area contributed by atoms with E-state index < -0.39 is 11.9 Å². The van der Waals surface area contributed by atoms with Crippen LogP contribution in [-0.4, -0.2) is 40.9 Å². The molecule has 2 aromatic heterocycles. The van der Waals surface area contributed by atoms with Crippen LogP contribution < -0.4 is 0 Å². The first-order valence-electron chi connectivity index (χ1n) is 6.30. The largest absolute Gasteiger partial charge is 0.465 e. The van der Waals surface area contributed by atoms with Crippen molar-refractivity contribution in [3.05, 3.63) is 28.6 Å². The summed E-state index contributed by atoms with van der Waals surface area (Å²) in [6, 6.07) is 1.82. The van der Waals surface area contributed by atoms with E-state index in [-0.39, 0.29) is 11.1 Å². The molecule has 0 radical (unpaired) electrons. The van der Waals surface area contributed by atoms with Gasteiger partial charge in [-0.25, -0.2) is 9.59 Å². The van der Waals surface area contributed by atoms with Crippen LogP contribution in [0.5, 0.6) is 0 Å². The van der Waals surface area contributed by atoms with E-state index in [9.17, 15) is 9.59 Å². The first-order valence-corrected chi connectivity index (χ1v) is 6.30. The molecule has 0 aromatic carbocycles. The topological polar surface area (TPSA) is 86.2 Å². The zero-order valence-corrected chi connectivity index (χ0v) is 12.6. The van der Waals surface area contributed by atoms with Gasteiger partial charge in [0.2, 0.25) is 0 Å². The minimum Gasteiger partial charge on any atom is -0.465 e. The molecule has 0 bridgehead atoms. The Morgan fingerprint density at radius 3 is 2.19 bits per heavy atom. The Balaban J connectivity index is 2.71. The number of aromatic amines is 1. The highest BCUT2D eigenvalue weighted by molar-refractivity contribution is 6.08. The van der Waals surface area contributed by atoms with Crippen LogP contribution >= 0.6 is 0 Å². The van der Waals surface area contributed by atoms with Gasteiger partial charge in [0.05, 0.1) is 25.5 Å². The fourth-order valence-electron chi connectivity index (χ4n) is 2.16. The molecule has 1 N–H and O–H groups in total. The van der Waals surface area contributed by atoms with Gasteiger partial charge in [-0.15, -0.1) is 0 Å². The van der Waals surface area contributed by atoms with Crippen molar-refractivity contribution in [1.29, 1.82) is 0 Å². The number of nitrogens with zero attached hydrogens (tertiary/aromatic N) is 2. The lowest BCUT2D eigenvalue weighted by Gasteiger charge is -2.03. The highest BCUT2D eigenvalue weighted by atomic mass is 16.5. The molecule has 112 valence electrons. The molecule has 7 heteroatoms. The summed E-state index contributed by atoms with van der Waals surface area (Å²) in [5.41, 5.74) is 2.77. The van der Waals surface area contributed by atoms with Crippen LogP contribution in [0.15, 0.2) is 6.07 Å². The van der Waals surface area contributed by atoms with Crippen molar-refractivity contribution in [1.82, 2.24) is 14.8 Å². The number of H-pyrrole nitrogens is 1. The summed E-state index contributed by atoms with van der Waals surface area (Å²) in [6.07, 6.45) is 0. The highest BCUT2D eigenvalue weighted by Crippen LogP contribution is 2.29. The number of esters is 2. The van der Waals surface area contributed by atoms with Gasteiger partial charge in [0, 0.05) is 18.4 Å². The van der Waals surface area contributed by atoms with Crippen molar-refractivity contribution in [2.45, 2.75) is 13.8 Å². The number of methoxy groups -OCH3 is 2. The average molecular weight is 291 g/mol. The quantitative estimate of drug-likeness (QED) is 0.868. The van der Waals surface area contributed by atoms with Crippen molar-refractivity contribution < 1.29 is 19.1 Å². The molecule has 0 amide bonds. The minimum atomic E-state index is -0.613. The summed E-state index contributed by atoms with van der Waals surface area (Å²) in [5.74, 6) is -1.21. The van der Waals surface area contributed by atoms with Crippen LogP contribution in [0.2, 0.25) is 0 Å². The van der Waals surface area contributed by atoms with E-state index in [0.29, 0.717) is 17.1 Å². The molecule has 0 aliphatic rings. The third-order valence-corrected chi connectivity index (χ3v) is 3.34. The minimum absolute atomic E-state index is 0.139. The second-order valence-corrected chi connectivity index (χ2v) is 4.65. The summed E-state index contributed by atoms with van der Waals surface area (Å²) < 4.78 is 11.2. The maximum Gasteiger partial charge on any atom is 0.341 e. The molecule has 7 nitrogen and oxygen atoms in total. The maximum absolute atomic E-state index is 12.1. The average Bonchev–Trinajstić information content (AvgIpc) is 2.97. The lowest BCUT2D eigenvalue weighted by Crippen LogP contribution is -2.11. The van der Waals surface area contributed by atoms with E-state index >= 15 is 0 Å². The van der Waals surface area contributed by atoms with Crippen molar-refractivity contribution >= 4 is 11.9 Å². The molecular weight excluding hydrogens is 274 g/mol. The van der Waals surface area contributed by atoms with E-state index in [0.717, 1.165) is 5.69 Å². The first-order chi connectivity index (χ1) is 9.90. The monoisotopic (exact) mass is 291 g/mol. The maximum atomic E-state index is 12.1. The Kier molecular flexibility index (Phi) is 3.84. The van der Waals surface area contributed by atoms with Gasteiger partial charge in [0.15, 0.2) is 0 Å². The van der Waals surface area contributed by atoms with Gasteiger partial charge in [0.1, 0.15) is 11.3 Å². The molecule has 0 unspecified atom stereocenters. The van der Waals surface area contributed by atoms with Crippen molar-refractivity contribution in [3.8, 4) is 11.4 Å². The van der Waals surface area contributed by atoms with E-state index in [1.165, 1.54) is 14.2 Å². The fourth-order valence-corrected chi connectivity index (χ4v) is 2.16. The lowest BCUT2D eigenvalue weighted by atomic mass is 10.1. The molecule has 2 heterocycles. The molecular formula is C14H17N3O4. The first kappa shape index (κ1) is 14.8. The molecule has 0 saturated heterocycles. The predicted molar refractivity (Wildman–Crippen MR) is 75.1 cm³/mol. The van der Waals surface area contributed by atoms with Crippen LogP contribution in [0.25, 0.3) is 11.4 Å². The molecule has 21 heavy (non-hydrogen) atoms. The number of carbonyl (C=O) groups is 2. The molecule has 0 aliphatic carbocycles. The predicted octanol–water partition coefficient (Wildman–Crippen LogP) is 1.61. The molecule has 2 aromatic rings. The SMILES string of the molecule is COC(=O)c1c(C)[nH]c(-c2cc(C)n(C)n2)c1C(=O)OC. The number of aromatic nitrogens is 3. The number of carbonyl (C=O) groups excluding carboxylic acids is 2. The highest BCUT2D eigenvalue weighted by Gasteiger charge is 2.29. The zero-order chi connectivity index (χ0) is 15.7. The van der Waals surface area contributed by atoms with Gasteiger partial charge in [-0.1, -0.05) is 0 Å². The molecule has 0 aliphatic heterocycles. The summed E-state index contributed by atoms with van der Waals surface area (Å²) in [6.45, 7) is 3.59. The smallest absolute Gasteiger partial charge is 0.341 e. The third-order valence-electron chi connectivity index (χ3n) is 3.34. The van der Waals surface area contributed by atoms with Gasteiger partial charge in [0.25, 0.3) is 0 Å². The van der Waals surface area contributed by atoms with E-state index in [1.807, 2.05) is 13.0 Å². The van der Waals surface area contributed by atoms with Crippen LogP contribution in [0.3, 0.4) is 0 Å². The number of nitrogens with one attached hydrogen (secondary N) is 1. The Hall–Kier alpha value is -2.57. The van der Waals surface area contributed by atoms with Gasteiger partial charge in [-0.2, -0.15) is 5.10 Å². The number of ether oxygens (including phenoxy) is 2. The Morgan fingerprint density at radius 1 is 1.14 bits per heavy atom. The number of aryl methyl sites for hydroxylation is 3. The van der Waals surface area contributed by atoms with Crippen LogP contribution in [-0.2, 0) is 16.5 Å². The van der Waals surface area contributed by atoms with E-state index in [2.05, 4.69) is 10.1 Å². The zero-order valence-electron chi connectivity index (χ0n) is 12.6. The molecule has 0 spiro atoms. The van der Waals surface area contributed by atoms with Crippen molar-refractivity contribution in [3.63, 3.8) is 0 Å². The standard InChI is InChI=1S/C14H17N3O4/c1-7-6-9(16-17(7)3)12-11(14(19)21-5)10(8(2)15-12)13(18)20-4/h6,15H,1-5H3. The van der Waals surface area contributed by atoms with Crippen molar-refractivity contribution in [2.24, 2.45) is 7.05 Å². The van der Waals surface area contributed by atoms with Gasteiger partial charge >= 0.3 is 11.9 Å². The lowest BCUT2D eigenvalue weighted by molar-refractivity contribution is 0.0556. The summed E-state index contributed by atoms with van der Waals surface area (Å²) in [4.78, 5) is 27.0. The molecule has 2 rings (SSSR count). The normalized spacial score (nSPS) is 10.5. The molecule has 0 fully saturated rings. The van der Waals surface area contributed by atoms with Gasteiger partial charge in [-0.05, 0) is 19.9 Å². The van der Waals surface area contributed by atoms with Gasteiger partial charge < -0.3 is 14.5 Å². The summed E-state index contributed by atoms with van der Waals surface area (Å²) >= 11 is 0. The van der Waals surface area contributed by atoms with Crippen LogP contribution in [0.4, 0.5) is 0 Å². The summed E-state index contributed by atoms with van der Waals surface area (Å²) in [7, 11) is 4.33. The molecule has 0 saturated carbocycles. The molecule has 0 atom stereocenters. The Labute approximate surface area is 121 Å². The number of rotatable bonds is 3. The second-order valence-electron chi connectivity index (χ2n) is 4.65. The third kappa shape index (κ3) is 2.42. The number of hydrogen-bond donors (Lipinski definition) is 1. The second kappa shape index (κ2) is 5.43. The summed E-state index contributed by atoms with van der Waals surface area (Å²) in [5, 5.41) is 4.32. The van der Waals surface area contributed by atoms with Crippen molar-refractivity contribution in [2.75, 3.05) is 14.2 Å².